The van der Waals surface area contributed by atoms with Crippen LogP contribution < -0.4 is 0 Å². The maximum absolute atomic E-state index is 12.1. The first-order valence-corrected chi connectivity index (χ1v) is 10.5. The molecule has 1 aromatic carbocycles. The van der Waals surface area contributed by atoms with E-state index < -0.39 is 17.9 Å². The van der Waals surface area contributed by atoms with Crippen LogP contribution in [0.5, 0.6) is 0 Å². The zero-order valence-electron chi connectivity index (χ0n) is 16.2. The summed E-state index contributed by atoms with van der Waals surface area (Å²) in [5, 5.41) is 20.9. The van der Waals surface area contributed by atoms with Crippen LogP contribution in [0, 0.1) is 0 Å². The molecule has 0 spiro atoms. The van der Waals surface area contributed by atoms with E-state index in [9.17, 15) is 14.7 Å². The number of hydrogen-bond acceptors (Lipinski definition) is 4. The topological polar surface area (TPSA) is 92.4 Å². The maximum atomic E-state index is 12.1. The van der Waals surface area contributed by atoms with E-state index >= 15 is 0 Å². The molecule has 3 rings (SSSR count). The summed E-state index contributed by atoms with van der Waals surface area (Å²) in [5.41, 5.74) is 1.82. The largest absolute Gasteiger partial charge is 0.481 e. The first kappa shape index (κ1) is 20.8. The second-order valence-electron chi connectivity index (χ2n) is 6.97. The summed E-state index contributed by atoms with van der Waals surface area (Å²) in [6.07, 6.45) is 4.87. The van der Waals surface area contributed by atoms with E-state index in [-0.39, 0.29) is 5.56 Å². The fourth-order valence-corrected chi connectivity index (χ4v) is 4.06. The fourth-order valence-electron chi connectivity index (χ4n) is 3.31. The average molecular weight is 413 g/mol. The van der Waals surface area contributed by atoms with E-state index in [1.807, 2.05) is 22.1 Å². The fraction of sp³-hybridized carbons (Fsp3) is 0.318. The Labute approximate surface area is 173 Å². The number of unbranched alkanes of at least 4 members (excludes halogenated alkanes) is 1. The Morgan fingerprint density at radius 3 is 2.52 bits per heavy atom. The highest BCUT2D eigenvalue weighted by Crippen LogP contribution is 2.26. The van der Waals surface area contributed by atoms with Gasteiger partial charge in [-0.2, -0.15) is 0 Å². The molecule has 0 radical (unpaired) electrons. The number of thiophene rings is 1. The van der Waals surface area contributed by atoms with Crippen molar-refractivity contribution in [3.63, 3.8) is 0 Å². The van der Waals surface area contributed by atoms with Crippen LogP contribution in [0.1, 0.15) is 58.0 Å². The van der Waals surface area contributed by atoms with Crippen molar-refractivity contribution in [3.8, 4) is 0 Å². The number of aliphatic carboxylic acids is 1. The van der Waals surface area contributed by atoms with Crippen LogP contribution in [0.4, 0.5) is 0 Å². The normalized spacial score (nSPS) is 12.0. The molecule has 29 heavy (non-hydrogen) atoms. The van der Waals surface area contributed by atoms with Gasteiger partial charge in [-0.1, -0.05) is 31.5 Å². The van der Waals surface area contributed by atoms with Crippen molar-refractivity contribution in [2.75, 3.05) is 0 Å². The van der Waals surface area contributed by atoms with Crippen molar-refractivity contribution in [3.05, 3.63) is 75.5 Å². The highest BCUT2D eigenvalue weighted by atomic mass is 32.1. The molecule has 0 saturated carbocycles. The smallest absolute Gasteiger partial charge is 0.335 e. The molecule has 6 nitrogen and oxygen atoms in total. The summed E-state index contributed by atoms with van der Waals surface area (Å²) in [5.74, 6) is -1.66. The summed E-state index contributed by atoms with van der Waals surface area (Å²) >= 11 is 1.55. The van der Waals surface area contributed by atoms with E-state index in [2.05, 4.69) is 11.9 Å². The van der Waals surface area contributed by atoms with E-state index in [4.69, 9.17) is 5.11 Å². The van der Waals surface area contributed by atoms with Crippen LogP contribution in [-0.4, -0.2) is 31.7 Å². The molecule has 0 fully saturated rings. The van der Waals surface area contributed by atoms with Gasteiger partial charge < -0.3 is 14.8 Å². The van der Waals surface area contributed by atoms with Gasteiger partial charge in [-0.05, 0) is 35.6 Å². The zero-order valence-corrected chi connectivity index (χ0v) is 17.1. The summed E-state index contributed by atoms with van der Waals surface area (Å²) < 4.78 is 1.98. The summed E-state index contributed by atoms with van der Waals surface area (Å²) in [7, 11) is 0. The predicted octanol–water partition coefficient (Wildman–Crippen LogP) is 4.44. The Morgan fingerprint density at radius 1 is 1.17 bits per heavy atom. The molecule has 2 N–H and O–H groups in total. The number of carboxylic acid groups (broad SMARTS) is 2. The average Bonchev–Trinajstić information content (AvgIpc) is 3.35. The van der Waals surface area contributed by atoms with Gasteiger partial charge in [-0.3, -0.25) is 4.79 Å². The van der Waals surface area contributed by atoms with E-state index in [1.165, 1.54) is 0 Å². The third-order valence-corrected chi connectivity index (χ3v) is 5.80. The Hall–Kier alpha value is -2.93. The lowest BCUT2D eigenvalue weighted by Crippen LogP contribution is -2.19. The number of benzene rings is 1. The van der Waals surface area contributed by atoms with Crippen molar-refractivity contribution in [2.45, 2.75) is 45.1 Å². The highest BCUT2D eigenvalue weighted by Gasteiger charge is 2.26. The minimum atomic E-state index is -0.967. The minimum Gasteiger partial charge on any atom is -0.481 e. The van der Waals surface area contributed by atoms with Crippen LogP contribution in [0.3, 0.4) is 0 Å². The number of carboxylic acids is 2. The van der Waals surface area contributed by atoms with Gasteiger partial charge in [-0.15, -0.1) is 11.3 Å². The van der Waals surface area contributed by atoms with E-state index in [0.29, 0.717) is 18.7 Å². The van der Waals surface area contributed by atoms with Crippen LogP contribution in [0.15, 0.2) is 48.0 Å². The van der Waals surface area contributed by atoms with Gasteiger partial charge in [0.2, 0.25) is 0 Å². The molecule has 0 aliphatic heterocycles. The Balaban J connectivity index is 1.94. The summed E-state index contributed by atoms with van der Waals surface area (Å²) in [4.78, 5) is 28.7. The number of carbonyl (C=O) groups is 2. The molecular weight excluding hydrogens is 388 g/mol. The molecule has 2 aromatic heterocycles. The molecule has 0 aliphatic carbocycles. The van der Waals surface area contributed by atoms with Crippen molar-refractivity contribution in [1.82, 2.24) is 9.55 Å². The standard InChI is InChI=1S/C22H24N2O4S/c1-2-3-6-20-23-13-19(18(22(27)28)12-17-5-4-11-29-17)24(20)14-15-7-9-16(10-8-15)21(25)26/h4-5,7-11,13,18H,2-3,6,12,14H2,1H3,(H,25,26)(H,27,28). The van der Waals surface area contributed by atoms with Gasteiger partial charge in [0, 0.05) is 30.5 Å². The van der Waals surface area contributed by atoms with Crippen LogP contribution in [-0.2, 0) is 24.2 Å². The van der Waals surface area contributed by atoms with Crippen LogP contribution in [0.2, 0.25) is 0 Å². The van der Waals surface area contributed by atoms with E-state index in [0.717, 1.165) is 35.5 Å². The van der Waals surface area contributed by atoms with Gasteiger partial charge in [0.25, 0.3) is 0 Å². The number of rotatable bonds is 10. The molecule has 3 aromatic rings. The Bertz CT molecular complexity index is 961. The van der Waals surface area contributed by atoms with Crippen molar-refractivity contribution < 1.29 is 19.8 Å². The number of nitrogens with zero attached hydrogens (tertiary/aromatic N) is 2. The number of imidazole rings is 1. The zero-order chi connectivity index (χ0) is 20.8. The third-order valence-electron chi connectivity index (χ3n) is 4.91. The molecule has 0 saturated heterocycles. The third kappa shape index (κ3) is 5.12. The summed E-state index contributed by atoms with van der Waals surface area (Å²) in [6, 6.07) is 10.6. The number of aromatic carboxylic acids is 1. The van der Waals surface area contributed by atoms with E-state index in [1.54, 1.807) is 41.8 Å². The number of hydrogen-bond donors (Lipinski definition) is 2. The molecule has 2 heterocycles. The second-order valence-corrected chi connectivity index (χ2v) is 8.00. The van der Waals surface area contributed by atoms with Gasteiger partial charge in [0.05, 0.1) is 11.3 Å². The lowest BCUT2D eigenvalue weighted by Gasteiger charge is -2.17. The van der Waals surface area contributed by atoms with Gasteiger partial charge in [0.15, 0.2) is 0 Å². The van der Waals surface area contributed by atoms with Gasteiger partial charge in [0.1, 0.15) is 11.7 Å². The lowest BCUT2D eigenvalue weighted by molar-refractivity contribution is -0.138. The van der Waals surface area contributed by atoms with Gasteiger partial charge >= 0.3 is 11.9 Å². The van der Waals surface area contributed by atoms with Crippen molar-refractivity contribution in [1.29, 1.82) is 0 Å². The number of aromatic nitrogens is 2. The quantitative estimate of drug-likeness (QED) is 0.513. The molecule has 7 heteroatoms. The van der Waals surface area contributed by atoms with Crippen LogP contribution in [0.25, 0.3) is 0 Å². The first-order valence-electron chi connectivity index (χ1n) is 9.61. The molecule has 152 valence electrons. The Morgan fingerprint density at radius 2 is 1.93 bits per heavy atom. The first-order chi connectivity index (χ1) is 14.0. The lowest BCUT2D eigenvalue weighted by atomic mass is 10.0. The molecular formula is C22H24N2O4S. The van der Waals surface area contributed by atoms with Crippen molar-refractivity contribution >= 4 is 23.3 Å². The molecule has 0 bridgehead atoms. The molecule has 1 atom stereocenters. The number of aryl methyl sites for hydroxylation is 1. The molecule has 0 amide bonds. The molecule has 0 aliphatic rings. The maximum Gasteiger partial charge on any atom is 0.335 e. The monoisotopic (exact) mass is 412 g/mol. The second kappa shape index (κ2) is 9.52. The Kier molecular flexibility index (Phi) is 6.82. The predicted molar refractivity (Wildman–Crippen MR) is 112 cm³/mol. The van der Waals surface area contributed by atoms with Gasteiger partial charge in [-0.25, -0.2) is 9.78 Å². The van der Waals surface area contributed by atoms with Crippen molar-refractivity contribution in [2.24, 2.45) is 0 Å². The molecule has 1 unspecified atom stereocenters. The summed E-state index contributed by atoms with van der Waals surface area (Å²) in [6.45, 7) is 2.57. The SMILES string of the molecule is CCCCc1ncc(C(Cc2cccs2)C(=O)O)n1Cc1ccc(C(=O)O)cc1. The highest BCUT2D eigenvalue weighted by molar-refractivity contribution is 7.09. The van der Waals surface area contributed by atoms with Crippen LogP contribution >= 0.6 is 11.3 Å². The minimum absolute atomic E-state index is 0.229.